The lowest BCUT2D eigenvalue weighted by Crippen LogP contribution is -2.33. The summed E-state index contributed by atoms with van der Waals surface area (Å²) < 4.78 is 10.0. The number of ether oxygens (including phenoxy) is 2. The number of benzene rings is 2. The SMILES string of the molecule is COC(=O)c1ccc(CN(C(=O)Oc2ccc([N+](=O)[O-])cc2)c2ccc(Cl)cn2)cc1. The van der Waals surface area contributed by atoms with E-state index in [2.05, 4.69) is 9.72 Å². The molecule has 0 aliphatic heterocycles. The van der Waals surface area contributed by atoms with Gasteiger partial charge in [-0.2, -0.15) is 0 Å². The molecule has 158 valence electrons. The molecule has 31 heavy (non-hydrogen) atoms. The molecule has 0 spiro atoms. The number of amides is 1. The van der Waals surface area contributed by atoms with Crippen LogP contribution in [0, 0.1) is 10.1 Å². The van der Waals surface area contributed by atoms with Gasteiger partial charge in [-0.15, -0.1) is 0 Å². The molecule has 10 heteroatoms. The molecule has 1 heterocycles. The molecule has 0 N–H and O–H groups in total. The van der Waals surface area contributed by atoms with Crippen molar-refractivity contribution in [1.82, 2.24) is 4.98 Å². The van der Waals surface area contributed by atoms with E-state index in [0.29, 0.717) is 16.1 Å². The van der Waals surface area contributed by atoms with Gasteiger partial charge >= 0.3 is 12.1 Å². The number of anilines is 1. The maximum atomic E-state index is 12.9. The van der Waals surface area contributed by atoms with Gasteiger partial charge in [0.2, 0.25) is 0 Å². The van der Waals surface area contributed by atoms with E-state index < -0.39 is 17.0 Å². The van der Waals surface area contributed by atoms with Gasteiger partial charge < -0.3 is 9.47 Å². The summed E-state index contributed by atoms with van der Waals surface area (Å²) in [4.78, 5) is 40.1. The number of aromatic nitrogens is 1. The van der Waals surface area contributed by atoms with Crippen LogP contribution in [0.5, 0.6) is 5.75 Å². The number of non-ortho nitro benzene ring substituents is 1. The standard InChI is InChI=1S/C21H16ClN3O6/c1-30-20(26)15-4-2-14(3-5-15)13-24(19-11-6-16(22)12-23-19)21(27)31-18-9-7-17(8-10-18)25(28)29/h2-12H,13H2,1H3. The van der Waals surface area contributed by atoms with Crippen molar-refractivity contribution in [3.63, 3.8) is 0 Å². The minimum atomic E-state index is -0.749. The maximum Gasteiger partial charge on any atom is 0.421 e. The Balaban J connectivity index is 1.83. The summed E-state index contributed by atoms with van der Waals surface area (Å²) in [6.07, 6.45) is 0.643. The zero-order chi connectivity index (χ0) is 22.4. The van der Waals surface area contributed by atoms with Crippen molar-refractivity contribution in [2.24, 2.45) is 0 Å². The third-order valence-electron chi connectivity index (χ3n) is 4.18. The Bertz CT molecular complexity index is 1090. The van der Waals surface area contributed by atoms with Gasteiger partial charge in [0.05, 0.1) is 29.2 Å². The van der Waals surface area contributed by atoms with Crippen molar-refractivity contribution in [3.05, 3.63) is 93.1 Å². The number of rotatable bonds is 6. The van der Waals surface area contributed by atoms with Crippen molar-refractivity contribution in [3.8, 4) is 5.75 Å². The third kappa shape index (κ3) is 5.55. The molecule has 0 radical (unpaired) electrons. The second-order valence-electron chi connectivity index (χ2n) is 6.23. The van der Waals surface area contributed by atoms with Crippen molar-refractivity contribution in [2.75, 3.05) is 12.0 Å². The average Bonchev–Trinajstić information content (AvgIpc) is 2.78. The molecule has 0 aliphatic rings. The molecular weight excluding hydrogens is 426 g/mol. The Kier molecular flexibility index (Phi) is 6.78. The van der Waals surface area contributed by atoms with Gasteiger partial charge in [0.1, 0.15) is 11.6 Å². The number of nitro groups is 1. The molecule has 0 bridgehead atoms. The molecule has 0 saturated heterocycles. The molecule has 0 aliphatic carbocycles. The Morgan fingerprint density at radius 2 is 1.74 bits per heavy atom. The summed E-state index contributed by atoms with van der Waals surface area (Å²) >= 11 is 5.89. The molecule has 0 fully saturated rings. The number of halogens is 1. The van der Waals surface area contributed by atoms with Crippen LogP contribution in [0.2, 0.25) is 5.02 Å². The highest BCUT2D eigenvalue weighted by Crippen LogP contribution is 2.22. The van der Waals surface area contributed by atoms with Crippen LogP contribution in [-0.4, -0.2) is 29.1 Å². The van der Waals surface area contributed by atoms with E-state index in [9.17, 15) is 19.7 Å². The fraction of sp³-hybridized carbons (Fsp3) is 0.0952. The molecule has 3 rings (SSSR count). The van der Waals surface area contributed by atoms with Gasteiger partial charge in [-0.3, -0.25) is 15.0 Å². The summed E-state index contributed by atoms with van der Waals surface area (Å²) in [7, 11) is 1.29. The third-order valence-corrected chi connectivity index (χ3v) is 4.40. The number of carbonyl (C=O) groups excluding carboxylic acids is 2. The van der Waals surface area contributed by atoms with Gasteiger partial charge in [-0.05, 0) is 42.0 Å². The van der Waals surface area contributed by atoms with Crippen molar-refractivity contribution in [2.45, 2.75) is 6.54 Å². The molecule has 2 aromatic carbocycles. The molecule has 0 saturated carbocycles. The summed E-state index contributed by atoms with van der Waals surface area (Å²) in [5, 5.41) is 11.2. The highest BCUT2D eigenvalue weighted by atomic mass is 35.5. The van der Waals surface area contributed by atoms with Gasteiger partial charge in [-0.25, -0.2) is 14.6 Å². The van der Waals surface area contributed by atoms with Gasteiger partial charge in [0.25, 0.3) is 5.69 Å². The van der Waals surface area contributed by atoms with E-state index in [1.807, 2.05) is 0 Å². The number of esters is 1. The summed E-state index contributed by atoms with van der Waals surface area (Å²) in [5.74, 6) is -0.0516. The second-order valence-corrected chi connectivity index (χ2v) is 6.66. The lowest BCUT2D eigenvalue weighted by atomic mass is 10.1. The molecular formula is C21H16ClN3O6. The van der Waals surface area contributed by atoms with E-state index in [1.165, 1.54) is 42.5 Å². The monoisotopic (exact) mass is 441 g/mol. The predicted octanol–water partition coefficient (Wildman–Crippen LogP) is 4.64. The minimum Gasteiger partial charge on any atom is -0.465 e. The number of nitrogens with zero attached hydrogens (tertiary/aromatic N) is 3. The molecule has 9 nitrogen and oxygen atoms in total. The van der Waals surface area contributed by atoms with E-state index in [4.69, 9.17) is 16.3 Å². The Morgan fingerprint density at radius 3 is 2.29 bits per heavy atom. The van der Waals surface area contributed by atoms with Crippen molar-refractivity contribution >= 4 is 35.2 Å². The molecule has 1 amide bonds. The first kappa shape index (κ1) is 21.7. The first-order valence-electron chi connectivity index (χ1n) is 8.90. The number of methoxy groups -OCH3 is 1. The topological polar surface area (TPSA) is 112 Å². The summed E-state index contributed by atoms with van der Waals surface area (Å²) in [5.41, 5.74) is 0.947. The minimum absolute atomic E-state index is 0.0852. The van der Waals surface area contributed by atoms with Crippen LogP contribution in [0.15, 0.2) is 66.9 Å². The van der Waals surface area contributed by atoms with Gasteiger partial charge in [-0.1, -0.05) is 23.7 Å². The zero-order valence-electron chi connectivity index (χ0n) is 16.2. The second kappa shape index (κ2) is 9.68. The number of nitro benzene ring substituents is 1. The summed E-state index contributed by atoms with van der Waals surface area (Å²) in [6, 6.07) is 14.8. The predicted molar refractivity (Wildman–Crippen MR) is 112 cm³/mol. The largest absolute Gasteiger partial charge is 0.465 e. The molecule has 0 atom stereocenters. The van der Waals surface area contributed by atoms with Crippen LogP contribution in [0.3, 0.4) is 0 Å². The van der Waals surface area contributed by atoms with Crippen LogP contribution in [0.25, 0.3) is 0 Å². The zero-order valence-corrected chi connectivity index (χ0v) is 17.0. The Labute approximate surface area is 181 Å². The highest BCUT2D eigenvalue weighted by molar-refractivity contribution is 6.30. The maximum absolute atomic E-state index is 12.9. The molecule has 3 aromatic rings. The van der Waals surface area contributed by atoms with Crippen LogP contribution < -0.4 is 9.64 Å². The lowest BCUT2D eigenvalue weighted by molar-refractivity contribution is -0.384. The normalized spacial score (nSPS) is 10.3. The first-order valence-corrected chi connectivity index (χ1v) is 9.28. The fourth-order valence-electron chi connectivity index (χ4n) is 2.61. The molecule has 1 aromatic heterocycles. The number of pyridine rings is 1. The van der Waals surface area contributed by atoms with E-state index >= 15 is 0 Å². The fourth-order valence-corrected chi connectivity index (χ4v) is 2.72. The quantitative estimate of drug-likeness (QED) is 0.311. The van der Waals surface area contributed by atoms with Crippen LogP contribution in [-0.2, 0) is 11.3 Å². The summed E-state index contributed by atoms with van der Waals surface area (Å²) in [6.45, 7) is 0.0852. The van der Waals surface area contributed by atoms with E-state index in [1.54, 1.807) is 36.4 Å². The van der Waals surface area contributed by atoms with E-state index in [0.717, 1.165) is 0 Å². The van der Waals surface area contributed by atoms with Gasteiger partial charge in [0.15, 0.2) is 0 Å². The van der Waals surface area contributed by atoms with E-state index in [-0.39, 0.29) is 23.8 Å². The van der Waals surface area contributed by atoms with Crippen LogP contribution >= 0.6 is 11.6 Å². The number of hydrogen-bond acceptors (Lipinski definition) is 7. The van der Waals surface area contributed by atoms with Crippen LogP contribution in [0.4, 0.5) is 16.3 Å². The Morgan fingerprint density at radius 1 is 1.06 bits per heavy atom. The van der Waals surface area contributed by atoms with Crippen molar-refractivity contribution < 1.29 is 24.0 Å². The molecule has 0 unspecified atom stereocenters. The van der Waals surface area contributed by atoms with Crippen LogP contribution in [0.1, 0.15) is 15.9 Å². The number of hydrogen-bond donors (Lipinski definition) is 0. The Hall–Kier alpha value is -3.98. The first-order chi connectivity index (χ1) is 14.9. The van der Waals surface area contributed by atoms with Gasteiger partial charge in [0, 0.05) is 18.3 Å². The average molecular weight is 442 g/mol. The highest BCUT2D eigenvalue weighted by Gasteiger charge is 2.21. The van der Waals surface area contributed by atoms with Crippen molar-refractivity contribution in [1.29, 1.82) is 0 Å². The smallest absolute Gasteiger partial charge is 0.421 e. The number of carbonyl (C=O) groups is 2. The lowest BCUT2D eigenvalue weighted by Gasteiger charge is -2.21.